The molecule has 31 heavy (non-hydrogen) atoms. The zero-order valence-electron chi connectivity index (χ0n) is 17.1. The van der Waals surface area contributed by atoms with E-state index in [0.717, 1.165) is 24.8 Å². The van der Waals surface area contributed by atoms with Crippen LogP contribution in [0.15, 0.2) is 65.2 Å². The molecule has 2 aromatic heterocycles. The van der Waals surface area contributed by atoms with Crippen molar-refractivity contribution >= 4 is 23.0 Å². The number of rotatable bonds is 5. The van der Waals surface area contributed by atoms with Crippen LogP contribution >= 0.6 is 0 Å². The van der Waals surface area contributed by atoms with Crippen LogP contribution in [-0.4, -0.2) is 22.9 Å². The zero-order chi connectivity index (χ0) is 21.2. The molecule has 1 aliphatic carbocycles. The van der Waals surface area contributed by atoms with E-state index in [4.69, 9.17) is 9.15 Å². The van der Waals surface area contributed by atoms with Crippen molar-refractivity contribution in [2.45, 2.75) is 25.3 Å². The van der Waals surface area contributed by atoms with Gasteiger partial charge in [-0.2, -0.15) is 4.98 Å². The van der Waals surface area contributed by atoms with Crippen molar-refractivity contribution in [3.05, 3.63) is 77.6 Å². The summed E-state index contributed by atoms with van der Waals surface area (Å²) < 4.78 is 11.9. The van der Waals surface area contributed by atoms with Gasteiger partial charge in [0.2, 0.25) is 0 Å². The van der Waals surface area contributed by atoms with Gasteiger partial charge in [0.05, 0.1) is 6.04 Å². The molecule has 1 unspecified atom stereocenters. The fourth-order valence-corrected chi connectivity index (χ4v) is 3.95. The molecule has 5 rings (SSSR count). The Balaban J connectivity index is 1.36. The first-order valence-electron chi connectivity index (χ1n) is 10.3. The number of pyridine rings is 1. The quantitative estimate of drug-likeness (QED) is 0.485. The molecule has 2 aromatic carbocycles. The van der Waals surface area contributed by atoms with Crippen LogP contribution in [0.5, 0.6) is 11.5 Å². The van der Waals surface area contributed by atoms with Crippen molar-refractivity contribution in [3.8, 4) is 11.5 Å². The number of carbonyl (C=O) groups is 1. The highest BCUT2D eigenvalue weighted by Gasteiger charge is 2.21. The summed E-state index contributed by atoms with van der Waals surface area (Å²) in [6.45, 7) is 0. The van der Waals surface area contributed by atoms with Gasteiger partial charge in [0, 0.05) is 25.4 Å². The van der Waals surface area contributed by atoms with Gasteiger partial charge in [-0.15, -0.1) is 0 Å². The summed E-state index contributed by atoms with van der Waals surface area (Å²) in [6.07, 6.45) is 4.83. The molecule has 1 amide bonds. The number of benzene rings is 2. The number of carbonyl (C=O) groups excluding carboxylic acids is 1. The highest BCUT2D eigenvalue weighted by atomic mass is 16.5. The van der Waals surface area contributed by atoms with Crippen molar-refractivity contribution in [1.82, 2.24) is 15.3 Å². The van der Waals surface area contributed by atoms with Crippen molar-refractivity contribution in [2.24, 2.45) is 0 Å². The Labute approximate surface area is 179 Å². The molecule has 1 aliphatic rings. The van der Waals surface area contributed by atoms with Gasteiger partial charge in [-0.25, -0.2) is 0 Å². The van der Waals surface area contributed by atoms with E-state index < -0.39 is 0 Å². The molecule has 0 saturated heterocycles. The normalized spacial score (nSPS) is 15.3. The van der Waals surface area contributed by atoms with E-state index in [2.05, 4.69) is 44.9 Å². The van der Waals surface area contributed by atoms with E-state index in [1.165, 1.54) is 17.3 Å². The van der Waals surface area contributed by atoms with Crippen LogP contribution in [-0.2, 0) is 6.42 Å². The number of hydrogen-bond donors (Lipinski definition) is 2. The van der Waals surface area contributed by atoms with Crippen LogP contribution in [0, 0.1) is 0 Å². The zero-order valence-corrected chi connectivity index (χ0v) is 17.1. The third-order valence-electron chi connectivity index (χ3n) is 5.45. The van der Waals surface area contributed by atoms with Gasteiger partial charge in [0.25, 0.3) is 11.9 Å². The number of aromatic nitrogens is 2. The second-order valence-electron chi connectivity index (χ2n) is 7.49. The Bertz CT molecular complexity index is 1250. The number of oxazole rings is 1. The molecule has 4 aromatic rings. The number of ether oxygens (including phenoxy) is 1. The number of fused-ring (bicyclic) bond motifs is 2. The summed E-state index contributed by atoms with van der Waals surface area (Å²) in [4.78, 5) is 20.4. The number of amides is 1. The van der Waals surface area contributed by atoms with Crippen molar-refractivity contribution in [2.75, 3.05) is 12.4 Å². The van der Waals surface area contributed by atoms with Gasteiger partial charge in [0.1, 0.15) is 22.7 Å². The van der Waals surface area contributed by atoms with Gasteiger partial charge in [0.15, 0.2) is 5.58 Å². The minimum Gasteiger partial charge on any atom is -0.457 e. The molecule has 0 bridgehead atoms. The van der Waals surface area contributed by atoms with Crippen LogP contribution in [0.1, 0.15) is 40.5 Å². The van der Waals surface area contributed by atoms with Crippen LogP contribution in [0.25, 0.3) is 11.1 Å². The standard InChI is InChI=1S/C24H22N4O3/c1-25-23(29)21-13-17(11-12-26-21)30-16-9-10-20-22(14-16)31-24(28-20)27-19-8-4-6-15-5-2-3-7-18(15)19/h2-3,5,7,9-14,19H,4,6,8H2,1H3,(H,25,29)(H,27,28). The maximum Gasteiger partial charge on any atom is 0.296 e. The van der Waals surface area contributed by atoms with Crippen LogP contribution in [0.3, 0.4) is 0 Å². The first-order chi connectivity index (χ1) is 15.2. The molecule has 2 N–H and O–H groups in total. The average molecular weight is 414 g/mol. The lowest BCUT2D eigenvalue weighted by atomic mass is 9.88. The lowest BCUT2D eigenvalue weighted by Crippen LogP contribution is -2.18. The van der Waals surface area contributed by atoms with E-state index in [1.807, 2.05) is 12.1 Å². The summed E-state index contributed by atoms with van der Waals surface area (Å²) in [5, 5.41) is 6.00. The maximum absolute atomic E-state index is 11.8. The monoisotopic (exact) mass is 414 g/mol. The van der Waals surface area contributed by atoms with Gasteiger partial charge in [-0.3, -0.25) is 9.78 Å². The molecular formula is C24H22N4O3. The van der Waals surface area contributed by atoms with Crippen molar-refractivity contribution < 1.29 is 13.9 Å². The Morgan fingerprint density at radius 1 is 1.13 bits per heavy atom. The maximum atomic E-state index is 11.8. The predicted molar refractivity (Wildman–Crippen MR) is 117 cm³/mol. The summed E-state index contributed by atoms with van der Waals surface area (Å²) >= 11 is 0. The topological polar surface area (TPSA) is 89.3 Å². The second kappa shape index (κ2) is 8.10. The Kier molecular flexibility index (Phi) is 5.00. The molecule has 7 nitrogen and oxygen atoms in total. The fourth-order valence-electron chi connectivity index (χ4n) is 3.95. The lowest BCUT2D eigenvalue weighted by Gasteiger charge is -2.25. The van der Waals surface area contributed by atoms with Crippen LogP contribution in [0.2, 0.25) is 0 Å². The SMILES string of the molecule is CNC(=O)c1cc(Oc2ccc3nc(NC4CCCc5ccccc54)oc3c2)ccn1. The molecule has 2 heterocycles. The van der Waals surface area contributed by atoms with Gasteiger partial charge in [-0.1, -0.05) is 24.3 Å². The van der Waals surface area contributed by atoms with E-state index in [9.17, 15) is 4.79 Å². The average Bonchev–Trinajstić information content (AvgIpc) is 3.20. The van der Waals surface area contributed by atoms with E-state index in [0.29, 0.717) is 28.8 Å². The highest BCUT2D eigenvalue weighted by molar-refractivity contribution is 5.92. The summed E-state index contributed by atoms with van der Waals surface area (Å²) in [5.41, 5.74) is 4.36. The second-order valence-corrected chi connectivity index (χ2v) is 7.49. The minimum atomic E-state index is -0.267. The van der Waals surface area contributed by atoms with E-state index >= 15 is 0 Å². The minimum absolute atomic E-state index is 0.189. The Hall–Kier alpha value is -3.87. The highest BCUT2D eigenvalue weighted by Crippen LogP contribution is 2.34. The summed E-state index contributed by atoms with van der Waals surface area (Å²) in [7, 11) is 1.56. The number of nitrogens with zero attached hydrogens (tertiary/aromatic N) is 2. The van der Waals surface area contributed by atoms with Crippen LogP contribution < -0.4 is 15.4 Å². The van der Waals surface area contributed by atoms with Crippen molar-refractivity contribution in [1.29, 1.82) is 0 Å². The van der Waals surface area contributed by atoms with Gasteiger partial charge >= 0.3 is 0 Å². The number of anilines is 1. The summed E-state index contributed by atoms with van der Waals surface area (Å²) in [5.74, 6) is 0.841. The summed E-state index contributed by atoms with van der Waals surface area (Å²) in [6, 6.07) is 18.0. The molecular weight excluding hydrogens is 392 g/mol. The smallest absolute Gasteiger partial charge is 0.296 e. The molecule has 0 spiro atoms. The van der Waals surface area contributed by atoms with Crippen LogP contribution in [0.4, 0.5) is 6.01 Å². The van der Waals surface area contributed by atoms with Gasteiger partial charge < -0.3 is 19.8 Å². The van der Waals surface area contributed by atoms with Crippen molar-refractivity contribution in [3.63, 3.8) is 0 Å². The first-order valence-corrected chi connectivity index (χ1v) is 10.3. The van der Waals surface area contributed by atoms with Gasteiger partial charge in [-0.05, 0) is 48.6 Å². The third kappa shape index (κ3) is 3.94. The van der Waals surface area contributed by atoms with E-state index in [1.54, 1.807) is 25.2 Å². The number of hydrogen-bond acceptors (Lipinski definition) is 6. The predicted octanol–water partition coefficient (Wildman–Crippen LogP) is 4.86. The first kappa shape index (κ1) is 19.1. The molecule has 0 radical (unpaired) electrons. The van der Waals surface area contributed by atoms with E-state index in [-0.39, 0.29) is 11.9 Å². The molecule has 1 atom stereocenters. The lowest BCUT2D eigenvalue weighted by molar-refractivity contribution is 0.0958. The Morgan fingerprint density at radius 2 is 2.00 bits per heavy atom. The molecule has 0 aliphatic heterocycles. The number of nitrogens with one attached hydrogen (secondary N) is 2. The molecule has 7 heteroatoms. The molecule has 0 saturated carbocycles. The largest absolute Gasteiger partial charge is 0.457 e. The fraction of sp³-hybridized carbons (Fsp3) is 0.208. The molecule has 156 valence electrons. The number of aryl methyl sites for hydroxylation is 1. The molecule has 0 fully saturated rings. The third-order valence-corrected chi connectivity index (χ3v) is 5.45. The Morgan fingerprint density at radius 3 is 2.90 bits per heavy atom.